The van der Waals surface area contributed by atoms with Gasteiger partial charge < -0.3 is 14.2 Å². The number of ether oxygens (including phenoxy) is 3. The molecule has 0 aliphatic heterocycles. The normalized spacial score (nSPS) is 13.0. The van der Waals surface area contributed by atoms with Gasteiger partial charge in [0.1, 0.15) is 13.2 Å². The average molecular weight is 1110 g/mol. The molecule has 0 saturated heterocycles. The van der Waals surface area contributed by atoms with Crippen molar-refractivity contribution in [1.82, 2.24) is 0 Å². The van der Waals surface area contributed by atoms with Crippen LogP contribution in [0.3, 0.4) is 0 Å². The molecule has 0 N–H and O–H groups in total. The van der Waals surface area contributed by atoms with Gasteiger partial charge in [0.15, 0.2) is 6.10 Å². The third-order valence-electron chi connectivity index (χ3n) is 13.9. The van der Waals surface area contributed by atoms with E-state index in [1.54, 1.807) is 0 Å². The molecule has 0 heterocycles. The van der Waals surface area contributed by atoms with Crippen molar-refractivity contribution in [3.63, 3.8) is 0 Å². The fourth-order valence-corrected chi connectivity index (χ4v) is 8.96. The highest BCUT2D eigenvalue weighted by atomic mass is 16.6. The molecule has 0 aromatic rings. The molecule has 0 aromatic heterocycles. The van der Waals surface area contributed by atoms with E-state index in [9.17, 15) is 14.4 Å². The van der Waals surface area contributed by atoms with Gasteiger partial charge in [-0.05, 0) is 135 Å². The van der Waals surface area contributed by atoms with E-state index in [0.29, 0.717) is 19.3 Å². The average Bonchev–Trinajstić information content (AvgIpc) is 3.46. The standard InChI is InChI=1S/C74H122O6/c1-4-7-10-13-16-19-22-25-28-31-32-33-34-35-36-37-38-39-40-41-42-44-46-49-52-55-58-61-64-67-73(76)79-70-71(69-78-72(75)66-63-60-57-54-51-48-45-30-27-24-21-18-15-12-9-6-3)80-74(77)68-65-62-59-56-53-50-47-43-29-26-23-20-17-14-11-8-5-2/h7-8,10-11,16-17,19-21,24-26,28-30,32-33,35-36,38-39,45,71H,4-6,9,12-15,18,22-23,27,31,34,37,40-44,46-70H2,1-3H3/b10-7-,11-8-,19-16-,20-17-,24-21-,28-25-,29-26-,33-32-,36-35-,39-38-,45-30-. The van der Waals surface area contributed by atoms with Crippen molar-refractivity contribution in [2.45, 2.75) is 303 Å². The van der Waals surface area contributed by atoms with E-state index in [0.717, 1.165) is 148 Å². The zero-order valence-electron chi connectivity index (χ0n) is 52.0. The summed E-state index contributed by atoms with van der Waals surface area (Å²) >= 11 is 0. The van der Waals surface area contributed by atoms with Crippen LogP contribution in [-0.4, -0.2) is 37.2 Å². The molecule has 0 aliphatic rings. The maximum atomic E-state index is 12.9. The van der Waals surface area contributed by atoms with Crippen LogP contribution in [0, 0.1) is 0 Å². The SMILES string of the molecule is CC/C=C\C/C=C\C/C=C\C/C=C\C/C=C\C/C=C\CCCCCCCCCCCCC(=O)OCC(COC(=O)CCCCCCC/C=C\C/C=C\CCCCCC)OC(=O)CCCCCCCCC/C=C\C/C=C\C/C=C\CC. The van der Waals surface area contributed by atoms with E-state index in [4.69, 9.17) is 14.2 Å². The number of hydrogen-bond donors (Lipinski definition) is 0. The van der Waals surface area contributed by atoms with Crippen molar-refractivity contribution in [3.05, 3.63) is 134 Å². The van der Waals surface area contributed by atoms with Crippen molar-refractivity contribution >= 4 is 17.9 Å². The predicted molar refractivity (Wildman–Crippen MR) is 348 cm³/mol. The summed E-state index contributed by atoms with van der Waals surface area (Å²) in [5.74, 6) is -0.915. The highest BCUT2D eigenvalue weighted by Gasteiger charge is 2.19. The molecule has 0 radical (unpaired) electrons. The molecule has 454 valence electrons. The molecule has 80 heavy (non-hydrogen) atoms. The molecule has 0 amide bonds. The molecule has 0 saturated carbocycles. The Kier molecular flexibility index (Phi) is 63.3. The van der Waals surface area contributed by atoms with Gasteiger partial charge >= 0.3 is 17.9 Å². The highest BCUT2D eigenvalue weighted by molar-refractivity contribution is 5.71. The molecule has 6 heteroatoms. The number of hydrogen-bond acceptors (Lipinski definition) is 6. The van der Waals surface area contributed by atoms with Gasteiger partial charge in [-0.2, -0.15) is 0 Å². The smallest absolute Gasteiger partial charge is 0.306 e. The van der Waals surface area contributed by atoms with Crippen LogP contribution in [0.5, 0.6) is 0 Å². The van der Waals surface area contributed by atoms with Gasteiger partial charge in [0, 0.05) is 19.3 Å². The van der Waals surface area contributed by atoms with Crippen LogP contribution in [0.2, 0.25) is 0 Å². The van der Waals surface area contributed by atoms with Crippen LogP contribution >= 0.6 is 0 Å². The van der Waals surface area contributed by atoms with Gasteiger partial charge in [-0.3, -0.25) is 14.4 Å². The maximum absolute atomic E-state index is 12.9. The van der Waals surface area contributed by atoms with E-state index >= 15 is 0 Å². The van der Waals surface area contributed by atoms with Crippen LogP contribution in [0.15, 0.2) is 134 Å². The summed E-state index contributed by atoms with van der Waals surface area (Å²) in [6.07, 6.45) is 94.5. The molecular formula is C74H122O6. The van der Waals surface area contributed by atoms with Gasteiger partial charge in [-0.15, -0.1) is 0 Å². The lowest BCUT2D eigenvalue weighted by Crippen LogP contribution is -2.30. The highest BCUT2D eigenvalue weighted by Crippen LogP contribution is 2.15. The quantitative estimate of drug-likeness (QED) is 0.0261. The van der Waals surface area contributed by atoms with E-state index in [-0.39, 0.29) is 31.1 Å². The van der Waals surface area contributed by atoms with Crippen molar-refractivity contribution in [2.75, 3.05) is 13.2 Å². The third kappa shape index (κ3) is 64.4. The predicted octanol–water partition coefficient (Wildman–Crippen LogP) is 22.9. The molecular weight excluding hydrogens is 985 g/mol. The minimum atomic E-state index is -0.797. The number of allylic oxidation sites excluding steroid dienone is 22. The molecule has 0 aliphatic carbocycles. The first-order valence-electron chi connectivity index (χ1n) is 33.2. The molecule has 0 fully saturated rings. The van der Waals surface area contributed by atoms with Crippen LogP contribution < -0.4 is 0 Å². The van der Waals surface area contributed by atoms with Crippen molar-refractivity contribution < 1.29 is 28.6 Å². The summed E-state index contributed by atoms with van der Waals surface area (Å²) in [5.41, 5.74) is 0. The number of esters is 3. The van der Waals surface area contributed by atoms with Crippen LogP contribution in [0.4, 0.5) is 0 Å². The fraction of sp³-hybridized carbons (Fsp3) is 0.662. The molecule has 6 nitrogen and oxygen atoms in total. The summed E-state index contributed by atoms with van der Waals surface area (Å²) in [4.78, 5) is 38.4. The Morgan fingerprint density at radius 2 is 0.487 bits per heavy atom. The first-order chi connectivity index (χ1) is 39.5. The number of carbonyl (C=O) groups excluding carboxylic acids is 3. The van der Waals surface area contributed by atoms with Crippen LogP contribution in [-0.2, 0) is 28.6 Å². The monoisotopic (exact) mass is 1110 g/mol. The third-order valence-corrected chi connectivity index (χ3v) is 13.9. The van der Waals surface area contributed by atoms with Gasteiger partial charge in [-0.25, -0.2) is 0 Å². The van der Waals surface area contributed by atoms with E-state index < -0.39 is 6.10 Å². The van der Waals surface area contributed by atoms with Gasteiger partial charge in [0.2, 0.25) is 0 Å². The summed E-state index contributed by atoms with van der Waals surface area (Å²) in [6, 6.07) is 0. The second-order valence-corrected chi connectivity index (χ2v) is 21.6. The molecule has 1 atom stereocenters. The summed E-state index contributed by atoms with van der Waals surface area (Å²) < 4.78 is 16.9. The first-order valence-corrected chi connectivity index (χ1v) is 33.2. The Balaban J connectivity index is 4.36. The lowest BCUT2D eigenvalue weighted by molar-refractivity contribution is -0.167. The Morgan fingerprint density at radius 1 is 0.263 bits per heavy atom. The second-order valence-electron chi connectivity index (χ2n) is 21.6. The molecule has 0 spiro atoms. The largest absolute Gasteiger partial charge is 0.462 e. The summed E-state index contributed by atoms with van der Waals surface area (Å²) in [7, 11) is 0. The van der Waals surface area contributed by atoms with E-state index in [1.807, 2.05) is 0 Å². The Morgan fingerprint density at radius 3 is 0.762 bits per heavy atom. The summed E-state index contributed by atoms with van der Waals surface area (Å²) in [6.45, 7) is 6.39. The summed E-state index contributed by atoms with van der Waals surface area (Å²) in [5, 5.41) is 0. The van der Waals surface area contributed by atoms with Crippen molar-refractivity contribution in [2.24, 2.45) is 0 Å². The van der Waals surface area contributed by atoms with Crippen LogP contribution in [0.1, 0.15) is 297 Å². The van der Waals surface area contributed by atoms with Gasteiger partial charge in [0.05, 0.1) is 0 Å². The maximum Gasteiger partial charge on any atom is 0.306 e. The van der Waals surface area contributed by atoms with Crippen molar-refractivity contribution in [1.29, 1.82) is 0 Å². The number of unbranched alkanes of at least 4 members (excludes halogenated alkanes) is 26. The zero-order valence-corrected chi connectivity index (χ0v) is 52.0. The van der Waals surface area contributed by atoms with E-state index in [1.165, 1.54) is 109 Å². The Labute approximate surface area is 494 Å². The Hall–Kier alpha value is -4.45. The minimum Gasteiger partial charge on any atom is -0.462 e. The van der Waals surface area contributed by atoms with E-state index in [2.05, 4.69) is 154 Å². The van der Waals surface area contributed by atoms with Gasteiger partial charge in [0.25, 0.3) is 0 Å². The fourth-order valence-electron chi connectivity index (χ4n) is 8.96. The van der Waals surface area contributed by atoms with Gasteiger partial charge in [-0.1, -0.05) is 276 Å². The first kappa shape index (κ1) is 75.5. The van der Waals surface area contributed by atoms with Crippen LogP contribution in [0.25, 0.3) is 0 Å². The molecule has 0 bridgehead atoms. The molecule has 0 aromatic carbocycles. The molecule has 1 unspecified atom stereocenters. The molecule has 0 rings (SSSR count). The number of rotatable bonds is 59. The number of carbonyl (C=O) groups is 3. The second kappa shape index (κ2) is 67.1. The lowest BCUT2D eigenvalue weighted by atomic mass is 10.1. The Bertz CT molecular complexity index is 1700. The topological polar surface area (TPSA) is 78.9 Å². The minimum absolute atomic E-state index is 0.0917. The van der Waals surface area contributed by atoms with Crippen molar-refractivity contribution in [3.8, 4) is 0 Å². The zero-order chi connectivity index (χ0) is 57.8. The lowest BCUT2D eigenvalue weighted by Gasteiger charge is -2.18.